The maximum absolute atomic E-state index is 6.96. The zero-order chi connectivity index (χ0) is 11.5. The number of nitrogens with two attached hydrogens (primary N) is 2. The number of nitrogen functional groups attached to an aromatic ring is 1. The van der Waals surface area contributed by atoms with Crippen LogP contribution < -0.4 is 11.5 Å². The molecule has 0 saturated heterocycles. The average molecular weight is 213 g/mol. The van der Waals surface area contributed by atoms with Gasteiger partial charge in [0.25, 0.3) is 0 Å². The molecule has 1 heterocycles. The largest absolute Gasteiger partial charge is 0.398 e. The minimum atomic E-state index is 0.425. The molecule has 2 rings (SSSR count). The molecule has 1 aromatic carbocycles. The number of aromatic nitrogens is 2. The first-order valence-electron chi connectivity index (χ1n) is 4.69. The van der Waals surface area contributed by atoms with Gasteiger partial charge < -0.3 is 16.9 Å². The predicted octanol–water partition coefficient (Wildman–Crippen LogP) is 1.16. The number of allylic oxidation sites excluding steroid dienone is 1. The molecule has 80 valence electrons. The first-order valence-corrected chi connectivity index (χ1v) is 4.69. The molecule has 0 saturated carbocycles. The lowest BCUT2D eigenvalue weighted by Gasteiger charge is -2.04. The van der Waals surface area contributed by atoms with Gasteiger partial charge in [-0.2, -0.15) is 0 Å². The van der Waals surface area contributed by atoms with Crippen LogP contribution in [0.4, 0.5) is 5.82 Å². The van der Waals surface area contributed by atoms with E-state index in [0.717, 1.165) is 22.7 Å². The molecule has 0 radical (unpaired) electrons. The van der Waals surface area contributed by atoms with Crippen molar-refractivity contribution in [2.24, 2.45) is 5.73 Å². The van der Waals surface area contributed by atoms with Crippen LogP contribution in [0.5, 0.6) is 0 Å². The Balaban J connectivity index is 2.64. The lowest BCUT2D eigenvalue weighted by atomic mass is 10.1. The Hall–Kier alpha value is -2.43. The highest BCUT2D eigenvalue weighted by atomic mass is 14.9. The van der Waals surface area contributed by atoms with Crippen LogP contribution in [0, 0.1) is 5.41 Å². The fourth-order valence-corrected chi connectivity index (χ4v) is 1.44. The van der Waals surface area contributed by atoms with Crippen LogP contribution in [0.25, 0.3) is 16.6 Å². The molecular formula is C11H11N5. The number of benzene rings is 1. The summed E-state index contributed by atoms with van der Waals surface area (Å²) in [6, 6.07) is 5.48. The molecule has 0 amide bonds. The molecule has 0 spiro atoms. The summed E-state index contributed by atoms with van der Waals surface area (Å²) < 4.78 is 0. The van der Waals surface area contributed by atoms with E-state index in [1.54, 1.807) is 0 Å². The highest BCUT2D eigenvalue weighted by Crippen LogP contribution is 2.20. The number of hydrogen-bond acceptors (Lipinski definition) is 5. The molecule has 1 aromatic heterocycles. The Labute approximate surface area is 92.3 Å². The van der Waals surface area contributed by atoms with Crippen LogP contribution >= 0.6 is 0 Å². The number of nitrogens with zero attached hydrogens (tertiary/aromatic N) is 2. The maximum atomic E-state index is 6.96. The van der Waals surface area contributed by atoms with Crippen molar-refractivity contribution >= 4 is 28.6 Å². The predicted molar refractivity (Wildman–Crippen MR) is 64.9 cm³/mol. The van der Waals surface area contributed by atoms with Crippen LogP contribution in [-0.4, -0.2) is 16.2 Å². The molecule has 0 fully saturated rings. The lowest BCUT2D eigenvalue weighted by Crippen LogP contribution is -1.98. The molecular weight excluding hydrogens is 202 g/mol. The van der Waals surface area contributed by atoms with E-state index in [9.17, 15) is 0 Å². The zero-order valence-electron chi connectivity index (χ0n) is 8.51. The van der Waals surface area contributed by atoms with E-state index in [2.05, 4.69) is 9.97 Å². The summed E-state index contributed by atoms with van der Waals surface area (Å²) in [7, 11) is 0. The normalized spacial score (nSPS) is 11.6. The van der Waals surface area contributed by atoms with E-state index < -0.39 is 0 Å². The fourth-order valence-electron chi connectivity index (χ4n) is 1.44. The highest BCUT2D eigenvalue weighted by molar-refractivity contribution is 5.91. The second kappa shape index (κ2) is 3.98. The molecule has 0 atom stereocenters. The van der Waals surface area contributed by atoms with Crippen molar-refractivity contribution in [1.82, 2.24) is 9.97 Å². The zero-order valence-corrected chi connectivity index (χ0v) is 8.51. The van der Waals surface area contributed by atoms with Gasteiger partial charge in [0.1, 0.15) is 12.1 Å². The Morgan fingerprint density at radius 1 is 1.31 bits per heavy atom. The van der Waals surface area contributed by atoms with Gasteiger partial charge in [0.05, 0.1) is 5.52 Å². The van der Waals surface area contributed by atoms with Gasteiger partial charge in [0.2, 0.25) is 0 Å². The smallest absolute Gasteiger partial charge is 0.134 e. The summed E-state index contributed by atoms with van der Waals surface area (Å²) in [6.45, 7) is 0. The van der Waals surface area contributed by atoms with Crippen molar-refractivity contribution in [3.63, 3.8) is 0 Å². The van der Waals surface area contributed by atoms with Gasteiger partial charge in [-0.15, -0.1) is 0 Å². The van der Waals surface area contributed by atoms with Gasteiger partial charge >= 0.3 is 0 Å². The number of nitrogens with one attached hydrogen (secondary N) is 1. The topological polar surface area (TPSA) is 102 Å². The SMILES string of the molecule is N=C/C=C(\N)c1ccc2ncnc(N)c2c1. The van der Waals surface area contributed by atoms with E-state index in [1.807, 2.05) is 18.2 Å². The van der Waals surface area contributed by atoms with E-state index >= 15 is 0 Å². The van der Waals surface area contributed by atoms with Gasteiger partial charge in [0, 0.05) is 17.3 Å². The summed E-state index contributed by atoms with van der Waals surface area (Å²) >= 11 is 0. The number of fused-ring (bicyclic) bond motifs is 1. The molecule has 16 heavy (non-hydrogen) atoms. The van der Waals surface area contributed by atoms with Crippen LogP contribution in [0.3, 0.4) is 0 Å². The summed E-state index contributed by atoms with van der Waals surface area (Å²) in [5.41, 5.74) is 13.6. The highest BCUT2D eigenvalue weighted by Gasteiger charge is 2.02. The Kier molecular flexibility index (Phi) is 2.51. The first-order chi connectivity index (χ1) is 7.72. The van der Waals surface area contributed by atoms with Gasteiger partial charge in [-0.3, -0.25) is 0 Å². The molecule has 0 aliphatic carbocycles. The van der Waals surface area contributed by atoms with Crippen molar-refractivity contribution in [2.75, 3.05) is 5.73 Å². The third-order valence-corrected chi connectivity index (χ3v) is 2.26. The van der Waals surface area contributed by atoms with Crippen molar-refractivity contribution in [1.29, 1.82) is 5.41 Å². The molecule has 0 aliphatic rings. The summed E-state index contributed by atoms with van der Waals surface area (Å²) in [4.78, 5) is 8.01. The molecule has 5 nitrogen and oxygen atoms in total. The quantitative estimate of drug-likeness (QED) is 0.651. The lowest BCUT2D eigenvalue weighted by molar-refractivity contribution is 1.23. The van der Waals surface area contributed by atoms with Crippen molar-refractivity contribution in [3.05, 3.63) is 36.2 Å². The van der Waals surface area contributed by atoms with E-state index in [1.165, 1.54) is 12.4 Å². The van der Waals surface area contributed by atoms with Crippen LogP contribution in [-0.2, 0) is 0 Å². The molecule has 0 unspecified atom stereocenters. The summed E-state index contributed by atoms with van der Waals surface area (Å²) in [5.74, 6) is 0.425. The molecule has 2 aromatic rings. The van der Waals surface area contributed by atoms with Crippen molar-refractivity contribution in [3.8, 4) is 0 Å². The summed E-state index contributed by atoms with van der Waals surface area (Å²) in [6.07, 6.45) is 4.08. The average Bonchev–Trinajstić information content (AvgIpc) is 2.29. The van der Waals surface area contributed by atoms with Gasteiger partial charge in [-0.05, 0) is 23.8 Å². The van der Waals surface area contributed by atoms with Crippen LogP contribution in [0.2, 0.25) is 0 Å². The minimum absolute atomic E-state index is 0.425. The first kappa shape index (κ1) is 10.1. The van der Waals surface area contributed by atoms with Crippen LogP contribution in [0.15, 0.2) is 30.6 Å². The van der Waals surface area contributed by atoms with Crippen LogP contribution in [0.1, 0.15) is 5.56 Å². The number of hydrogen-bond donors (Lipinski definition) is 3. The van der Waals surface area contributed by atoms with E-state index in [-0.39, 0.29) is 0 Å². The second-order valence-electron chi connectivity index (χ2n) is 3.28. The Bertz CT molecular complexity index is 574. The van der Waals surface area contributed by atoms with Gasteiger partial charge in [-0.1, -0.05) is 6.07 Å². The standard InChI is InChI=1S/C11H11N5/c12-4-3-9(13)7-1-2-10-8(5-7)11(14)16-6-15-10/h1-6,12H,13H2,(H2,14,15,16)/b9-3-,12-4?. The molecule has 5 N–H and O–H groups in total. The monoisotopic (exact) mass is 213 g/mol. The third-order valence-electron chi connectivity index (χ3n) is 2.26. The second-order valence-corrected chi connectivity index (χ2v) is 3.28. The number of rotatable bonds is 2. The fraction of sp³-hybridized carbons (Fsp3) is 0. The Morgan fingerprint density at radius 2 is 2.12 bits per heavy atom. The van der Waals surface area contributed by atoms with Crippen molar-refractivity contribution < 1.29 is 0 Å². The summed E-state index contributed by atoms with van der Waals surface area (Å²) in [5, 5.41) is 7.72. The number of anilines is 1. The minimum Gasteiger partial charge on any atom is -0.398 e. The van der Waals surface area contributed by atoms with Crippen molar-refractivity contribution in [2.45, 2.75) is 0 Å². The maximum Gasteiger partial charge on any atom is 0.134 e. The third kappa shape index (κ3) is 1.70. The van der Waals surface area contributed by atoms with Gasteiger partial charge in [0.15, 0.2) is 0 Å². The van der Waals surface area contributed by atoms with Gasteiger partial charge in [-0.25, -0.2) is 9.97 Å². The Morgan fingerprint density at radius 3 is 2.88 bits per heavy atom. The van der Waals surface area contributed by atoms with E-state index in [4.69, 9.17) is 16.9 Å². The molecule has 5 heteroatoms. The van der Waals surface area contributed by atoms with E-state index in [0.29, 0.717) is 11.5 Å². The molecule has 0 bridgehead atoms. The molecule has 0 aliphatic heterocycles.